The number of morpholine rings is 1. The average Bonchev–Trinajstić information content (AvgIpc) is 2.25. The van der Waals surface area contributed by atoms with E-state index in [9.17, 15) is 0 Å². The quantitative estimate of drug-likeness (QED) is 0.577. The Morgan fingerprint density at radius 1 is 1.43 bits per heavy atom. The summed E-state index contributed by atoms with van der Waals surface area (Å²) in [4.78, 5) is 2.46. The highest BCUT2D eigenvalue weighted by Crippen LogP contribution is 1.97. The first kappa shape index (κ1) is 11.9. The Kier molecular flexibility index (Phi) is 6.10. The number of ether oxygens (including phenoxy) is 1. The predicted molar refractivity (Wildman–Crippen MR) is 58.4 cm³/mol. The van der Waals surface area contributed by atoms with E-state index in [1.54, 1.807) is 0 Å². The lowest BCUT2D eigenvalue weighted by atomic mass is 10.3. The van der Waals surface area contributed by atoms with Crippen molar-refractivity contribution in [2.45, 2.75) is 19.4 Å². The summed E-state index contributed by atoms with van der Waals surface area (Å²) in [5, 5.41) is 3.39. The van der Waals surface area contributed by atoms with Gasteiger partial charge in [-0.05, 0) is 26.4 Å². The molecule has 1 saturated heterocycles. The molecule has 0 saturated carbocycles. The van der Waals surface area contributed by atoms with Crippen LogP contribution in [0.1, 0.15) is 13.3 Å². The third-order valence-corrected chi connectivity index (χ3v) is 2.60. The predicted octanol–water partition coefficient (Wildman–Crippen LogP) is -0.354. The summed E-state index contributed by atoms with van der Waals surface area (Å²) in [5.41, 5.74) is 5.51. The van der Waals surface area contributed by atoms with Crippen molar-refractivity contribution in [1.82, 2.24) is 10.2 Å². The van der Waals surface area contributed by atoms with Crippen molar-refractivity contribution >= 4 is 0 Å². The molecule has 4 nitrogen and oxygen atoms in total. The zero-order chi connectivity index (χ0) is 10.2. The smallest absolute Gasteiger partial charge is 0.0594 e. The molecule has 3 N–H and O–H groups in total. The normalized spacial score (nSPS) is 21.0. The molecule has 14 heavy (non-hydrogen) atoms. The van der Waals surface area contributed by atoms with Crippen LogP contribution in [0.4, 0.5) is 0 Å². The molecule has 1 fully saturated rings. The maximum atomic E-state index is 5.51. The van der Waals surface area contributed by atoms with E-state index in [0.29, 0.717) is 6.04 Å². The monoisotopic (exact) mass is 201 g/mol. The Morgan fingerprint density at radius 3 is 2.79 bits per heavy atom. The van der Waals surface area contributed by atoms with Crippen molar-refractivity contribution in [3.8, 4) is 0 Å². The van der Waals surface area contributed by atoms with Gasteiger partial charge in [0.25, 0.3) is 0 Å². The summed E-state index contributed by atoms with van der Waals surface area (Å²) >= 11 is 0. The van der Waals surface area contributed by atoms with E-state index in [-0.39, 0.29) is 0 Å². The maximum absolute atomic E-state index is 5.51. The summed E-state index contributed by atoms with van der Waals surface area (Å²) < 4.78 is 5.29. The molecular formula is C10H23N3O. The maximum Gasteiger partial charge on any atom is 0.0594 e. The summed E-state index contributed by atoms with van der Waals surface area (Å²) in [6.45, 7) is 9.05. The second-order valence-electron chi connectivity index (χ2n) is 3.90. The average molecular weight is 201 g/mol. The Hall–Kier alpha value is -0.160. The lowest BCUT2D eigenvalue weighted by molar-refractivity contribution is 0.0374. The van der Waals surface area contributed by atoms with E-state index in [1.807, 2.05) is 0 Å². The summed E-state index contributed by atoms with van der Waals surface area (Å²) in [6.07, 6.45) is 1.20. The van der Waals surface area contributed by atoms with Gasteiger partial charge in [-0.3, -0.25) is 4.90 Å². The summed E-state index contributed by atoms with van der Waals surface area (Å²) in [5.74, 6) is 0. The standard InChI is InChI=1S/C10H23N3O/c1-10(9-11)12-3-2-4-13-5-7-14-8-6-13/h10,12H,2-9,11H2,1H3. The van der Waals surface area contributed by atoms with Crippen LogP contribution >= 0.6 is 0 Å². The number of nitrogens with zero attached hydrogens (tertiary/aromatic N) is 1. The Bertz CT molecular complexity index is 137. The summed E-state index contributed by atoms with van der Waals surface area (Å²) in [6, 6.07) is 0.444. The van der Waals surface area contributed by atoms with E-state index in [1.165, 1.54) is 13.0 Å². The summed E-state index contributed by atoms with van der Waals surface area (Å²) in [7, 11) is 0. The minimum atomic E-state index is 0.444. The molecule has 0 bridgehead atoms. The molecular weight excluding hydrogens is 178 g/mol. The van der Waals surface area contributed by atoms with Crippen LogP contribution < -0.4 is 11.1 Å². The fourth-order valence-electron chi connectivity index (χ4n) is 1.56. The van der Waals surface area contributed by atoms with E-state index in [2.05, 4.69) is 17.1 Å². The molecule has 1 heterocycles. The number of hydrogen-bond acceptors (Lipinski definition) is 4. The van der Waals surface area contributed by atoms with Crippen molar-refractivity contribution in [3.05, 3.63) is 0 Å². The van der Waals surface area contributed by atoms with Crippen molar-refractivity contribution < 1.29 is 4.74 Å². The molecule has 1 unspecified atom stereocenters. The number of nitrogens with two attached hydrogens (primary N) is 1. The van der Waals surface area contributed by atoms with Crippen LogP contribution in [0.15, 0.2) is 0 Å². The molecule has 0 aromatic rings. The van der Waals surface area contributed by atoms with Gasteiger partial charge in [-0.2, -0.15) is 0 Å². The molecule has 4 heteroatoms. The Balaban J connectivity index is 1.92. The van der Waals surface area contributed by atoms with Crippen molar-refractivity contribution in [2.75, 3.05) is 45.9 Å². The Labute approximate surface area is 86.8 Å². The van der Waals surface area contributed by atoms with Gasteiger partial charge in [0.05, 0.1) is 13.2 Å². The minimum absolute atomic E-state index is 0.444. The number of nitrogens with one attached hydrogen (secondary N) is 1. The van der Waals surface area contributed by atoms with Gasteiger partial charge in [-0.1, -0.05) is 0 Å². The third kappa shape index (κ3) is 4.91. The molecule has 1 aliphatic rings. The fourth-order valence-corrected chi connectivity index (χ4v) is 1.56. The first-order chi connectivity index (χ1) is 6.83. The van der Waals surface area contributed by atoms with Crippen LogP contribution in [0.5, 0.6) is 0 Å². The Morgan fingerprint density at radius 2 is 2.14 bits per heavy atom. The number of rotatable bonds is 6. The first-order valence-corrected chi connectivity index (χ1v) is 5.56. The van der Waals surface area contributed by atoms with Crippen molar-refractivity contribution in [2.24, 2.45) is 5.73 Å². The van der Waals surface area contributed by atoms with Gasteiger partial charge in [0.2, 0.25) is 0 Å². The second-order valence-corrected chi connectivity index (χ2v) is 3.90. The van der Waals surface area contributed by atoms with Gasteiger partial charge < -0.3 is 15.8 Å². The highest BCUT2D eigenvalue weighted by atomic mass is 16.5. The molecule has 1 aliphatic heterocycles. The highest BCUT2D eigenvalue weighted by molar-refractivity contribution is 4.64. The van der Waals surface area contributed by atoms with Crippen molar-refractivity contribution in [1.29, 1.82) is 0 Å². The lowest BCUT2D eigenvalue weighted by Crippen LogP contribution is -2.39. The second kappa shape index (κ2) is 7.17. The molecule has 0 aromatic carbocycles. The molecule has 1 rings (SSSR count). The molecule has 0 radical (unpaired) electrons. The zero-order valence-corrected chi connectivity index (χ0v) is 9.17. The minimum Gasteiger partial charge on any atom is -0.379 e. The zero-order valence-electron chi connectivity index (χ0n) is 9.17. The van der Waals surface area contributed by atoms with E-state index in [4.69, 9.17) is 10.5 Å². The van der Waals surface area contributed by atoms with Crippen molar-refractivity contribution in [3.63, 3.8) is 0 Å². The molecule has 0 amide bonds. The van der Waals surface area contributed by atoms with Crippen LogP contribution in [0, 0.1) is 0 Å². The van der Waals surface area contributed by atoms with Crippen LogP contribution in [0.25, 0.3) is 0 Å². The largest absolute Gasteiger partial charge is 0.379 e. The molecule has 0 aromatic heterocycles. The molecule has 0 spiro atoms. The van der Waals surface area contributed by atoms with Crippen LogP contribution in [0.3, 0.4) is 0 Å². The number of hydrogen-bond donors (Lipinski definition) is 2. The van der Waals surface area contributed by atoms with Gasteiger partial charge in [-0.15, -0.1) is 0 Å². The first-order valence-electron chi connectivity index (χ1n) is 5.56. The lowest BCUT2D eigenvalue weighted by Gasteiger charge is -2.26. The highest BCUT2D eigenvalue weighted by Gasteiger charge is 2.09. The topological polar surface area (TPSA) is 50.5 Å². The third-order valence-electron chi connectivity index (χ3n) is 2.60. The van der Waals surface area contributed by atoms with Crippen LogP contribution in [-0.4, -0.2) is 56.9 Å². The SMILES string of the molecule is CC(CN)NCCCN1CCOCC1. The fraction of sp³-hybridized carbons (Fsp3) is 1.00. The van der Waals surface area contributed by atoms with Gasteiger partial charge in [-0.25, -0.2) is 0 Å². The molecule has 1 atom stereocenters. The van der Waals surface area contributed by atoms with E-state index >= 15 is 0 Å². The molecule has 0 aliphatic carbocycles. The molecule has 84 valence electrons. The van der Waals surface area contributed by atoms with E-state index < -0.39 is 0 Å². The van der Waals surface area contributed by atoms with Gasteiger partial charge in [0, 0.05) is 25.7 Å². The van der Waals surface area contributed by atoms with Crippen LogP contribution in [-0.2, 0) is 4.74 Å². The van der Waals surface area contributed by atoms with Gasteiger partial charge in [0.15, 0.2) is 0 Å². The van der Waals surface area contributed by atoms with Crippen LogP contribution in [0.2, 0.25) is 0 Å². The van der Waals surface area contributed by atoms with E-state index in [0.717, 1.165) is 39.4 Å². The van der Waals surface area contributed by atoms with Gasteiger partial charge >= 0.3 is 0 Å². The van der Waals surface area contributed by atoms with Gasteiger partial charge in [0.1, 0.15) is 0 Å².